The molecule has 1 fully saturated rings. The Morgan fingerprint density at radius 1 is 1.29 bits per heavy atom. The van der Waals surface area contributed by atoms with E-state index in [2.05, 4.69) is 4.90 Å². The molecule has 0 bridgehead atoms. The van der Waals surface area contributed by atoms with Crippen LogP contribution in [0.5, 0.6) is 5.75 Å². The van der Waals surface area contributed by atoms with Gasteiger partial charge in [-0.2, -0.15) is 0 Å². The first kappa shape index (κ1) is 17.8. The second-order valence-corrected chi connectivity index (χ2v) is 5.41. The molecule has 1 aromatic rings. The van der Waals surface area contributed by atoms with E-state index < -0.39 is 0 Å². The predicted molar refractivity (Wildman–Crippen MR) is 87.2 cm³/mol. The standard InChI is InChI=1S/C16H24N2O2.ClH/c1-14-7-3-4-8-15(14)20-12-11-17(2)16(19)13-18-9-5-6-10-18;/h3-4,7-8H,5-6,9-13H2,1-2H3;1H. The topological polar surface area (TPSA) is 32.8 Å². The monoisotopic (exact) mass is 312 g/mol. The molecular formula is C16H25ClN2O2. The van der Waals surface area contributed by atoms with E-state index in [0.29, 0.717) is 19.7 Å². The van der Waals surface area contributed by atoms with Gasteiger partial charge in [-0.1, -0.05) is 18.2 Å². The number of nitrogens with zero attached hydrogens (tertiary/aromatic N) is 2. The van der Waals surface area contributed by atoms with Crippen molar-refractivity contribution < 1.29 is 9.53 Å². The first-order valence-corrected chi connectivity index (χ1v) is 7.31. The summed E-state index contributed by atoms with van der Waals surface area (Å²) in [5.74, 6) is 1.08. The van der Waals surface area contributed by atoms with Crippen molar-refractivity contribution in [2.45, 2.75) is 19.8 Å². The van der Waals surface area contributed by atoms with E-state index in [1.54, 1.807) is 4.90 Å². The molecule has 0 atom stereocenters. The number of para-hydroxylation sites is 1. The Morgan fingerprint density at radius 2 is 1.95 bits per heavy atom. The fourth-order valence-corrected chi connectivity index (χ4v) is 2.39. The van der Waals surface area contributed by atoms with Gasteiger partial charge in [0.1, 0.15) is 12.4 Å². The fraction of sp³-hybridized carbons (Fsp3) is 0.562. The summed E-state index contributed by atoms with van der Waals surface area (Å²) in [6.07, 6.45) is 2.43. The number of likely N-dealkylation sites (tertiary alicyclic amines) is 1. The van der Waals surface area contributed by atoms with Crippen molar-refractivity contribution in [2.24, 2.45) is 0 Å². The Kier molecular flexibility index (Phi) is 7.54. The maximum absolute atomic E-state index is 12.0. The van der Waals surface area contributed by atoms with Gasteiger partial charge in [0.2, 0.25) is 5.91 Å². The zero-order valence-corrected chi connectivity index (χ0v) is 13.7. The number of carbonyl (C=O) groups excluding carboxylic acids is 1. The largest absolute Gasteiger partial charge is 0.491 e. The number of halogens is 1. The zero-order chi connectivity index (χ0) is 14.4. The predicted octanol–water partition coefficient (Wildman–Crippen LogP) is 2.35. The molecule has 1 aromatic carbocycles. The highest BCUT2D eigenvalue weighted by Crippen LogP contribution is 2.15. The van der Waals surface area contributed by atoms with Crippen molar-refractivity contribution in [3.8, 4) is 5.75 Å². The molecule has 2 rings (SSSR count). The minimum atomic E-state index is 0. The lowest BCUT2D eigenvalue weighted by molar-refractivity contribution is -0.131. The first-order valence-electron chi connectivity index (χ1n) is 7.31. The van der Waals surface area contributed by atoms with Crippen molar-refractivity contribution in [2.75, 3.05) is 39.8 Å². The number of ether oxygens (including phenoxy) is 1. The Bertz CT molecular complexity index is 448. The lowest BCUT2D eigenvalue weighted by Crippen LogP contribution is -2.38. The van der Waals surface area contributed by atoms with Gasteiger partial charge < -0.3 is 9.64 Å². The van der Waals surface area contributed by atoms with Gasteiger partial charge in [-0.3, -0.25) is 9.69 Å². The average molecular weight is 313 g/mol. The number of amides is 1. The number of carbonyl (C=O) groups is 1. The van der Waals surface area contributed by atoms with Crippen LogP contribution < -0.4 is 4.74 Å². The van der Waals surface area contributed by atoms with Gasteiger partial charge in [0.25, 0.3) is 0 Å². The van der Waals surface area contributed by atoms with Crippen LogP contribution in [0.2, 0.25) is 0 Å². The van der Waals surface area contributed by atoms with Gasteiger partial charge >= 0.3 is 0 Å². The maximum atomic E-state index is 12.0. The molecule has 0 radical (unpaired) electrons. The summed E-state index contributed by atoms with van der Waals surface area (Å²) in [7, 11) is 1.85. The summed E-state index contributed by atoms with van der Waals surface area (Å²) >= 11 is 0. The van der Waals surface area contributed by atoms with Crippen molar-refractivity contribution in [1.82, 2.24) is 9.80 Å². The highest BCUT2D eigenvalue weighted by atomic mass is 35.5. The van der Waals surface area contributed by atoms with Gasteiger partial charge in [0.15, 0.2) is 0 Å². The van der Waals surface area contributed by atoms with E-state index in [9.17, 15) is 4.79 Å². The van der Waals surface area contributed by atoms with Crippen LogP contribution in [0.3, 0.4) is 0 Å². The maximum Gasteiger partial charge on any atom is 0.236 e. The molecule has 1 aliphatic rings. The number of rotatable bonds is 6. The molecule has 21 heavy (non-hydrogen) atoms. The molecule has 0 N–H and O–H groups in total. The number of likely N-dealkylation sites (N-methyl/N-ethyl adjacent to an activating group) is 1. The van der Waals surface area contributed by atoms with E-state index >= 15 is 0 Å². The van der Waals surface area contributed by atoms with Crippen molar-refractivity contribution in [3.63, 3.8) is 0 Å². The van der Waals surface area contributed by atoms with Crippen LogP contribution in [-0.2, 0) is 4.79 Å². The Balaban J connectivity index is 0.00000220. The number of hydrogen-bond donors (Lipinski definition) is 0. The van der Waals surface area contributed by atoms with E-state index in [0.717, 1.165) is 24.4 Å². The number of aryl methyl sites for hydroxylation is 1. The fourth-order valence-electron chi connectivity index (χ4n) is 2.39. The van der Waals surface area contributed by atoms with Crippen LogP contribution in [0.1, 0.15) is 18.4 Å². The highest BCUT2D eigenvalue weighted by molar-refractivity contribution is 5.85. The number of hydrogen-bond acceptors (Lipinski definition) is 3. The molecule has 1 aliphatic heterocycles. The Labute approximate surface area is 133 Å². The van der Waals surface area contributed by atoms with Crippen LogP contribution >= 0.6 is 12.4 Å². The third-order valence-electron chi connectivity index (χ3n) is 3.76. The van der Waals surface area contributed by atoms with Crippen LogP contribution in [-0.4, -0.2) is 55.5 Å². The molecule has 1 amide bonds. The van der Waals surface area contributed by atoms with Gasteiger partial charge in [0, 0.05) is 7.05 Å². The van der Waals surface area contributed by atoms with Gasteiger partial charge in [-0.05, 0) is 44.5 Å². The van der Waals surface area contributed by atoms with Crippen LogP contribution in [0.4, 0.5) is 0 Å². The van der Waals surface area contributed by atoms with Crippen LogP contribution in [0.25, 0.3) is 0 Å². The average Bonchev–Trinajstić information content (AvgIpc) is 2.93. The Hall–Kier alpha value is -1.26. The lowest BCUT2D eigenvalue weighted by atomic mass is 10.2. The normalized spacial score (nSPS) is 14.6. The molecule has 118 valence electrons. The third-order valence-corrected chi connectivity index (χ3v) is 3.76. The van der Waals surface area contributed by atoms with E-state index in [1.807, 2.05) is 38.2 Å². The molecule has 0 spiro atoms. The summed E-state index contributed by atoms with van der Waals surface area (Å²) in [4.78, 5) is 16.0. The third kappa shape index (κ3) is 5.56. The minimum absolute atomic E-state index is 0. The molecule has 0 saturated carbocycles. The lowest BCUT2D eigenvalue weighted by Gasteiger charge is -2.21. The van der Waals surface area contributed by atoms with Gasteiger partial charge in [0.05, 0.1) is 13.1 Å². The zero-order valence-electron chi connectivity index (χ0n) is 12.9. The molecular weight excluding hydrogens is 288 g/mol. The smallest absolute Gasteiger partial charge is 0.236 e. The SMILES string of the molecule is Cc1ccccc1OCCN(C)C(=O)CN1CCCC1.Cl. The molecule has 4 nitrogen and oxygen atoms in total. The van der Waals surface area contributed by atoms with E-state index in [4.69, 9.17) is 4.74 Å². The summed E-state index contributed by atoms with van der Waals surface area (Å²) in [6, 6.07) is 7.94. The Morgan fingerprint density at radius 3 is 2.62 bits per heavy atom. The minimum Gasteiger partial charge on any atom is -0.491 e. The van der Waals surface area contributed by atoms with E-state index in [-0.39, 0.29) is 18.3 Å². The summed E-state index contributed by atoms with van der Waals surface area (Å²) in [5, 5.41) is 0. The second-order valence-electron chi connectivity index (χ2n) is 5.41. The van der Waals surface area contributed by atoms with E-state index in [1.165, 1.54) is 12.8 Å². The second kappa shape index (κ2) is 8.90. The number of benzene rings is 1. The molecule has 5 heteroatoms. The van der Waals surface area contributed by atoms with Crippen LogP contribution in [0.15, 0.2) is 24.3 Å². The van der Waals surface area contributed by atoms with Crippen molar-refractivity contribution in [3.05, 3.63) is 29.8 Å². The molecule has 0 aliphatic carbocycles. The van der Waals surface area contributed by atoms with Crippen molar-refractivity contribution in [1.29, 1.82) is 0 Å². The molecule has 0 aromatic heterocycles. The van der Waals surface area contributed by atoms with Crippen molar-refractivity contribution >= 4 is 18.3 Å². The summed E-state index contributed by atoms with van der Waals surface area (Å²) < 4.78 is 5.72. The molecule has 1 saturated heterocycles. The first-order chi connectivity index (χ1) is 9.66. The highest BCUT2D eigenvalue weighted by Gasteiger charge is 2.17. The summed E-state index contributed by atoms with van der Waals surface area (Å²) in [6.45, 7) is 5.84. The van der Waals surface area contributed by atoms with Gasteiger partial charge in [-0.15, -0.1) is 12.4 Å². The molecule has 1 heterocycles. The summed E-state index contributed by atoms with van der Waals surface area (Å²) in [5.41, 5.74) is 1.12. The quantitative estimate of drug-likeness (QED) is 0.808. The molecule has 0 unspecified atom stereocenters. The van der Waals surface area contributed by atoms with Crippen LogP contribution in [0, 0.1) is 6.92 Å². The van der Waals surface area contributed by atoms with Gasteiger partial charge in [-0.25, -0.2) is 0 Å².